The summed E-state index contributed by atoms with van der Waals surface area (Å²) in [5, 5.41) is 3.62. The molecule has 2 atom stereocenters. The van der Waals surface area contributed by atoms with E-state index in [9.17, 15) is 9.59 Å². The zero-order valence-corrected chi connectivity index (χ0v) is 14.4. The van der Waals surface area contributed by atoms with E-state index >= 15 is 0 Å². The van der Waals surface area contributed by atoms with Crippen molar-refractivity contribution in [2.24, 2.45) is 0 Å². The van der Waals surface area contributed by atoms with Crippen LogP contribution in [0.3, 0.4) is 0 Å². The van der Waals surface area contributed by atoms with Crippen molar-refractivity contribution in [1.82, 2.24) is 5.32 Å². The Bertz CT molecular complexity index is 872. The quantitative estimate of drug-likeness (QED) is 0.874. The summed E-state index contributed by atoms with van der Waals surface area (Å²) in [5.74, 6) is -0.0559. The van der Waals surface area contributed by atoms with E-state index in [2.05, 4.69) is 5.32 Å². The summed E-state index contributed by atoms with van der Waals surface area (Å²) in [5.41, 5.74) is 3.54. The number of nitrogens with one attached hydrogen (secondary N) is 1. The molecule has 1 amide bonds. The highest BCUT2D eigenvalue weighted by atomic mass is 35.5. The van der Waals surface area contributed by atoms with Crippen LogP contribution in [0, 0.1) is 0 Å². The molecule has 1 aliphatic heterocycles. The van der Waals surface area contributed by atoms with Crippen LogP contribution in [0.25, 0.3) is 0 Å². The Morgan fingerprint density at radius 1 is 0.880 bits per heavy atom. The topological polar surface area (TPSA) is 46.2 Å². The number of carbonyl (C=O) groups is 2. The van der Waals surface area contributed by atoms with Gasteiger partial charge in [0.15, 0.2) is 5.78 Å². The minimum atomic E-state index is -0.148. The third-order valence-corrected chi connectivity index (χ3v) is 5.43. The Balaban J connectivity index is 1.73. The number of carbonyl (C=O) groups excluding carboxylic acids is 2. The first-order valence-corrected chi connectivity index (χ1v) is 8.86. The number of halogens is 1. The van der Waals surface area contributed by atoms with E-state index in [0.29, 0.717) is 24.3 Å². The van der Waals surface area contributed by atoms with Crippen molar-refractivity contribution in [2.75, 3.05) is 0 Å². The van der Waals surface area contributed by atoms with Crippen LogP contribution < -0.4 is 5.32 Å². The molecule has 0 radical (unpaired) electrons. The van der Waals surface area contributed by atoms with Crippen LogP contribution in [0.1, 0.15) is 42.2 Å². The molecule has 0 fully saturated rings. The lowest BCUT2D eigenvalue weighted by Gasteiger charge is -2.34. The normalized spacial score (nSPS) is 23.2. The largest absolute Gasteiger partial charge is 0.329 e. The van der Waals surface area contributed by atoms with Crippen molar-refractivity contribution in [3.8, 4) is 0 Å². The predicted octanol–water partition coefficient (Wildman–Crippen LogP) is 4.34. The second-order valence-electron chi connectivity index (χ2n) is 6.66. The number of Topliss-reactive ketones (excluding diaryl/α,β-unsaturated/α-hetero) is 1. The maximum absolute atomic E-state index is 13.0. The monoisotopic (exact) mass is 351 g/mol. The van der Waals surface area contributed by atoms with Crippen molar-refractivity contribution in [3.63, 3.8) is 0 Å². The number of ketones is 1. The Morgan fingerprint density at radius 2 is 1.60 bits per heavy atom. The van der Waals surface area contributed by atoms with Gasteiger partial charge in [-0.3, -0.25) is 9.59 Å². The van der Waals surface area contributed by atoms with Gasteiger partial charge < -0.3 is 5.32 Å². The molecule has 0 aromatic heterocycles. The number of amides is 1. The number of hydrogen-bond acceptors (Lipinski definition) is 2. The van der Waals surface area contributed by atoms with Crippen molar-refractivity contribution < 1.29 is 9.59 Å². The van der Waals surface area contributed by atoms with Crippen LogP contribution in [0.15, 0.2) is 65.9 Å². The molecule has 0 saturated heterocycles. The maximum atomic E-state index is 13.0. The summed E-state index contributed by atoms with van der Waals surface area (Å²) >= 11 is 6.32. The van der Waals surface area contributed by atoms with Crippen LogP contribution >= 0.6 is 11.6 Å². The SMILES string of the molecule is O=C1CC(c2ccccc2)C2=C(CC(c3ccccc3Cl)CC2=O)N1. The van der Waals surface area contributed by atoms with Gasteiger partial charge in [-0.1, -0.05) is 60.1 Å². The molecule has 4 rings (SSSR count). The van der Waals surface area contributed by atoms with Crippen molar-refractivity contribution >= 4 is 23.3 Å². The Labute approximate surface area is 151 Å². The van der Waals surface area contributed by atoms with E-state index in [-0.39, 0.29) is 23.5 Å². The zero-order valence-electron chi connectivity index (χ0n) is 13.7. The van der Waals surface area contributed by atoms with Crippen LogP contribution in [0.2, 0.25) is 5.02 Å². The molecule has 1 heterocycles. The molecule has 0 spiro atoms. The molecule has 3 nitrogen and oxygen atoms in total. The molecular weight excluding hydrogens is 334 g/mol. The van der Waals surface area contributed by atoms with E-state index in [4.69, 9.17) is 11.6 Å². The Kier molecular flexibility index (Phi) is 4.18. The lowest BCUT2D eigenvalue weighted by Crippen LogP contribution is -2.38. The number of rotatable bonds is 2. The standard InChI is InChI=1S/C21H18ClNO2/c22-17-9-5-4-8-15(17)14-10-18-21(19(24)11-14)16(12-20(25)23-18)13-6-2-1-3-7-13/h1-9,14,16H,10-12H2,(H,23,25). The highest BCUT2D eigenvalue weighted by Crippen LogP contribution is 2.43. The fourth-order valence-electron chi connectivity index (χ4n) is 3.96. The third-order valence-electron chi connectivity index (χ3n) is 5.08. The predicted molar refractivity (Wildman–Crippen MR) is 97.4 cm³/mol. The zero-order chi connectivity index (χ0) is 17.4. The minimum absolute atomic E-state index is 0.00905. The number of benzene rings is 2. The second-order valence-corrected chi connectivity index (χ2v) is 7.06. The number of allylic oxidation sites excluding steroid dienone is 2. The fourth-order valence-corrected chi connectivity index (χ4v) is 4.25. The van der Waals surface area contributed by atoms with Crippen molar-refractivity contribution in [3.05, 3.63) is 82.0 Å². The molecule has 0 saturated carbocycles. The molecule has 2 aromatic carbocycles. The first kappa shape index (κ1) is 16.1. The minimum Gasteiger partial charge on any atom is -0.329 e. The summed E-state index contributed by atoms with van der Waals surface area (Å²) in [6, 6.07) is 17.4. The average molecular weight is 352 g/mol. The van der Waals surface area contributed by atoms with Gasteiger partial charge in [0.1, 0.15) is 0 Å². The van der Waals surface area contributed by atoms with Crippen LogP contribution in [0.5, 0.6) is 0 Å². The number of hydrogen-bond donors (Lipinski definition) is 1. The molecule has 1 aliphatic carbocycles. The van der Waals surface area contributed by atoms with Crippen LogP contribution in [0.4, 0.5) is 0 Å². The van der Waals surface area contributed by atoms with E-state index in [1.807, 2.05) is 54.6 Å². The van der Waals surface area contributed by atoms with E-state index in [1.165, 1.54) is 0 Å². The van der Waals surface area contributed by atoms with Crippen molar-refractivity contribution in [2.45, 2.75) is 31.1 Å². The van der Waals surface area contributed by atoms with Gasteiger partial charge >= 0.3 is 0 Å². The van der Waals surface area contributed by atoms with Gasteiger partial charge in [0.25, 0.3) is 0 Å². The molecule has 1 N–H and O–H groups in total. The summed E-state index contributed by atoms with van der Waals surface area (Å²) in [7, 11) is 0. The molecule has 0 bridgehead atoms. The third kappa shape index (κ3) is 3.00. The highest BCUT2D eigenvalue weighted by molar-refractivity contribution is 6.31. The Hall–Kier alpha value is -2.39. The molecule has 2 aromatic rings. The maximum Gasteiger partial charge on any atom is 0.225 e. The van der Waals surface area contributed by atoms with Crippen LogP contribution in [-0.2, 0) is 9.59 Å². The first-order chi connectivity index (χ1) is 12.1. The van der Waals surface area contributed by atoms with Crippen LogP contribution in [-0.4, -0.2) is 11.7 Å². The van der Waals surface area contributed by atoms with Gasteiger partial charge in [-0.15, -0.1) is 0 Å². The lowest BCUT2D eigenvalue weighted by molar-refractivity contribution is -0.122. The Morgan fingerprint density at radius 3 is 2.36 bits per heavy atom. The first-order valence-electron chi connectivity index (χ1n) is 8.49. The fraction of sp³-hybridized carbons (Fsp3) is 0.238. The van der Waals surface area contributed by atoms with E-state index < -0.39 is 0 Å². The lowest BCUT2D eigenvalue weighted by atomic mass is 9.73. The van der Waals surface area contributed by atoms with E-state index in [1.54, 1.807) is 0 Å². The van der Waals surface area contributed by atoms with Gasteiger partial charge in [0, 0.05) is 35.1 Å². The molecule has 25 heavy (non-hydrogen) atoms. The van der Waals surface area contributed by atoms with Gasteiger partial charge in [-0.25, -0.2) is 0 Å². The van der Waals surface area contributed by atoms with Crippen molar-refractivity contribution in [1.29, 1.82) is 0 Å². The molecule has 2 unspecified atom stereocenters. The van der Waals surface area contributed by atoms with Gasteiger partial charge in [-0.2, -0.15) is 0 Å². The molecule has 4 heteroatoms. The summed E-state index contributed by atoms with van der Waals surface area (Å²) in [4.78, 5) is 25.2. The average Bonchev–Trinajstić information content (AvgIpc) is 2.61. The van der Waals surface area contributed by atoms with Gasteiger partial charge in [-0.05, 0) is 29.5 Å². The summed E-state index contributed by atoms with van der Waals surface area (Å²) < 4.78 is 0. The summed E-state index contributed by atoms with van der Waals surface area (Å²) in [6.07, 6.45) is 1.40. The summed E-state index contributed by atoms with van der Waals surface area (Å²) in [6.45, 7) is 0. The smallest absolute Gasteiger partial charge is 0.225 e. The van der Waals surface area contributed by atoms with E-state index in [0.717, 1.165) is 22.4 Å². The second kappa shape index (κ2) is 6.49. The molecular formula is C21H18ClNO2. The molecule has 126 valence electrons. The highest BCUT2D eigenvalue weighted by Gasteiger charge is 2.38. The van der Waals surface area contributed by atoms with Gasteiger partial charge in [0.05, 0.1) is 0 Å². The van der Waals surface area contributed by atoms with Gasteiger partial charge in [0.2, 0.25) is 5.91 Å². The molecule has 2 aliphatic rings.